The zero-order chi connectivity index (χ0) is 19.9. The van der Waals surface area contributed by atoms with Gasteiger partial charge in [0.1, 0.15) is 11.8 Å². The average Bonchev–Trinajstić information content (AvgIpc) is 3.23. The lowest BCUT2D eigenvalue weighted by atomic mass is 10.1. The van der Waals surface area contributed by atoms with Gasteiger partial charge in [-0.15, -0.1) is 0 Å². The summed E-state index contributed by atoms with van der Waals surface area (Å²) in [6.07, 6.45) is 2.54. The molecule has 28 heavy (non-hydrogen) atoms. The normalized spacial score (nSPS) is 15.1. The summed E-state index contributed by atoms with van der Waals surface area (Å²) in [7, 11) is 1.69. The van der Waals surface area contributed by atoms with Gasteiger partial charge in [-0.05, 0) is 67.7 Å². The first-order valence-electron chi connectivity index (χ1n) is 9.71. The molecule has 1 aliphatic heterocycles. The zero-order valence-corrected chi connectivity index (χ0v) is 17.3. The van der Waals surface area contributed by atoms with Crippen molar-refractivity contribution in [1.29, 1.82) is 0 Å². The predicted molar refractivity (Wildman–Crippen MR) is 116 cm³/mol. The summed E-state index contributed by atoms with van der Waals surface area (Å²) >= 11 is 5.48. The van der Waals surface area contributed by atoms with Crippen LogP contribution in [0.3, 0.4) is 0 Å². The fourth-order valence-corrected chi connectivity index (χ4v) is 3.87. The molecule has 3 rings (SSSR count). The molecule has 3 N–H and O–H groups in total. The van der Waals surface area contributed by atoms with Crippen molar-refractivity contribution in [1.82, 2.24) is 5.32 Å². The van der Waals surface area contributed by atoms with Crippen LogP contribution in [0.25, 0.3) is 0 Å². The third kappa shape index (κ3) is 5.30. The maximum atomic E-state index is 11.4. The van der Waals surface area contributed by atoms with Crippen molar-refractivity contribution in [3.8, 4) is 5.75 Å². The molecular weight excluding hydrogens is 370 g/mol. The van der Waals surface area contributed by atoms with E-state index in [1.54, 1.807) is 18.9 Å². The number of carbonyl (C=O) groups excluding carboxylic acids is 1. The Balaban J connectivity index is 1.62. The number of rotatable bonds is 7. The lowest BCUT2D eigenvalue weighted by Gasteiger charge is -2.26. The van der Waals surface area contributed by atoms with Crippen LogP contribution in [0.15, 0.2) is 48.5 Å². The fourth-order valence-electron chi connectivity index (χ4n) is 3.67. The minimum Gasteiger partial charge on any atom is -0.497 e. The number of benzene rings is 2. The predicted octanol–water partition coefficient (Wildman–Crippen LogP) is 2.60. The van der Waals surface area contributed by atoms with Crippen LogP contribution in [-0.2, 0) is 0 Å². The number of hydrogen-bond donors (Lipinski definition) is 3. The molecule has 2 aromatic rings. The molecule has 1 atom stereocenters. The number of likely N-dealkylation sites (tertiary alicyclic amines) is 1. The third-order valence-corrected chi connectivity index (χ3v) is 5.52. The van der Waals surface area contributed by atoms with E-state index in [2.05, 4.69) is 22.8 Å². The largest absolute Gasteiger partial charge is 0.497 e. The van der Waals surface area contributed by atoms with Gasteiger partial charge >= 0.3 is 0 Å². The molecule has 0 spiro atoms. The van der Waals surface area contributed by atoms with E-state index in [1.807, 2.05) is 36.4 Å². The first-order chi connectivity index (χ1) is 13.6. The molecule has 148 valence electrons. The molecule has 0 aliphatic carbocycles. The highest BCUT2D eigenvalue weighted by molar-refractivity contribution is 7.80. The maximum Gasteiger partial charge on any atom is 0.171 e. The minimum atomic E-state index is 0.0585. The van der Waals surface area contributed by atoms with E-state index in [0.29, 0.717) is 16.7 Å². The number of carbonyl (C=O) groups is 1. The van der Waals surface area contributed by atoms with Gasteiger partial charge in [-0.25, -0.2) is 0 Å². The number of ether oxygens (including phenoxy) is 1. The van der Waals surface area contributed by atoms with Crippen LogP contribution in [0.1, 0.15) is 41.7 Å². The van der Waals surface area contributed by atoms with E-state index in [9.17, 15) is 4.79 Å². The van der Waals surface area contributed by atoms with Gasteiger partial charge in [0.25, 0.3) is 0 Å². The van der Waals surface area contributed by atoms with Gasteiger partial charge in [-0.1, -0.05) is 0 Å². The number of anilines is 1. The Morgan fingerprint density at radius 3 is 2.32 bits per heavy atom. The van der Waals surface area contributed by atoms with Gasteiger partial charge in [0, 0.05) is 29.7 Å². The number of quaternary nitrogens is 1. The Hall–Kier alpha value is -2.44. The molecule has 5 nitrogen and oxygen atoms in total. The fraction of sp³-hybridized carbons (Fsp3) is 0.364. The van der Waals surface area contributed by atoms with Crippen molar-refractivity contribution in [3.63, 3.8) is 0 Å². The Labute approximate surface area is 172 Å². The summed E-state index contributed by atoms with van der Waals surface area (Å²) in [6.45, 7) is 4.70. The molecule has 0 amide bonds. The second-order valence-electron chi connectivity index (χ2n) is 7.16. The molecule has 0 saturated carbocycles. The van der Waals surface area contributed by atoms with Gasteiger partial charge in [-0.3, -0.25) is 4.79 Å². The number of Topliss-reactive ketones (excluding diaryl/α,β-unsaturated/α-hetero) is 1. The molecule has 0 aromatic heterocycles. The Morgan fingerprint density at radius 2 is 1.75 bits per heavy atom. The van der Waals surface area contributed by atoms with E-state index in [-0.39, 0.29) is 5.78 Å². The Bertz CT molecular complexity index is 800. The van der Waals surface area contributed by atoms with Gasteiger partial charge in [-0.2, -0.15) is 0 Å². The van der Waals surface area contributed by atoms with Gasteiger partial charge in [0.05, 0.1) is 26.7 Å². The maximum absolute atomic E-state index is 11.4. The minimum absolute atomic E-state index is 0.0585. The second kappa shape index (κ2) is 9.66. The highest BCUT2D eigenvalue weighted by Gasteiger charge is 2.27. The summed E-state index contributed by atoms with van der Waals surface area (Å²) in [4.78, 5) is 13.0. The molecule has 0 unspecified atom stereocenters. The molecule has 1 saturated heterocycles. The summed E-state index contributed by atoms with van der Waals surface area (Å²) in [5.41, 5.74) is 2.86. The van der Waals surface area contributed by atoms with Crippen LogP contribution in [0.2, 0.25) is 0 Å². The van der Waals surface area contributed by atoms with Crippen LogP contribution in [0.4, 0.5) is 5.69 Å². The van der Waals surface area contributed by atoms with Crippen molar-refractivity contribution in [2.75, 3.05) is 32.1 Å². The molecule has 6 heteroatoms. The topological polar surface area (TPSA) is 54.8 Å². The van der Waals surface area contributed by atoms with Crippen LogP contribution >= 0.6 is 12.2 Å². The smallest absolute Gasteiger partial charge is 0.171 e. The molecular formula is C22H28N3O2S+. The van der Waals surface area contributed by atoms with E-state index in [1.165, 1.54) is 31.5 Å². The quantitative estimate of drug-likeness (QED) is 0.494. The molecule has 1 fully saturated rings. The van der Waals surface area contributed by atoms with E-state index >= 15 is 0 Å². The van der Waals surface area contributed by atoms with Gasteiger partial charge < -0.3 is 20.3 Å². The molecule has 1 aliphatic rings. The third-order valence-electron chi connectivity index (χ3n) is 5.27. The first-order valence-corrected chi connectivity index (χ1v) is 10.1. The molecule has 0 bridgehead atoms. The van der Waals surface area contributed by atoms with Gasteiger partial charge in [0.15, 0.2) is 10.9 Å². The zero-order valence-electron chi connectivity index (χ0n) is 16.5. The van der Waals surface area contributed by atoms with E-state index in [0.717, 1.165) is 18.0 Å². The van der Waals surface area contributed by atoms with Crippen LogP contribution in [0, 0.1) is 0 Å². The Kier molecular flexibility index (Phi) is 7.01. The van der Waals surface area contributed by atoms with Crippen molar-refractivity contribution in [2.24, 2.45) is 0 Å². The first kappa shape index (κ1) is 20.3. The summed E-state index contributed by atoms with van der Waals surface area (Å²) in [6, 6.07) is 16.0. The van der Waals surface area contributed by atoms with E-state index in [4.69, 9.17) is 17.0 Å². The average molecular weight is 399 g/mol. The summed E-state index contributed by atoms with van der Waals surface area (Å²) < 4.78 is 5.29. The SMILES string of the molecule is COc1ccc([C@H](CNC(=S)Nc2ccc(C(C)=O)cc2)[NH+]2CCCC2)cc1. The molecule has 1 heterocycles. The van der Waals surface area contributed by atoms with Crippen molar-refractivity contribution < 1.29 is 14.4 Å². The van der Waals surface area contributed by atoms with Crippen LogP contribution in [0.5, 0.6) is 5.75 Å². The van der Waals surface area contributed by atoms with Crippen molar-refractivity contribution in [3.05, 3.63) is 59.7 Å². The number of ketones is 1. The number of methoxy groups -OCH3 is 1. The highest BCUT2D eigenvalue weighted by atomic mass is 32.1. The highest BCUT2D eigenvalue weighted by Crippen LogP contribution is 2.17. The Morgan fingerprint density at radius 1 is 1.11 bits per heavy atom. The van der Waals surface area contributed by atoms with Crippen molar-refractivity contribution in [2.45, 2.75) is 25.8 Å². The summed E-state index contributed by atoms with van der Waals surface area (Å²) in [5, 5.41) is 7.17. The molecule has 0 radical (unpaired) electrons. The van der Waals surface area contributed by atoms with Crippen LogP contribution in [-0.4, -0.2) is 37.6 Å². The van der Waals surface area contributed by atoms with Gasteiger partial charge in [0.2, 0.25) is 0 Å². The van der Waals surface area contributed by atoms with E-state index < -0.39 is 0 Å². The second-order valence-corrected chi connectivity index (χ2v) is 7.57. The number of hydrogen-bond acceptors (Lipinski definition) is 3. The molecule has 2 aromatic carbocycles. The van der Waals surface area contributed by atoms with Crippen molar-refractivity contribution >= 4 is 28.8 Å². The summed E-state index contributed by atoms with van der Waals surface area (Å²) in [5.74, 6) is 0.932. The lowest BCUT2D eigenvalue weighted by Crippen LogP contribution is -3.11. The lowest BCUT2D eigenvalue weighted by molar-refractivity contribution is -0.918. The number of thiocarbonyl (C=S) groups is 1. The standard InChI is InChI=1S/C22H27N3O2S/c1-16(26)17-5-9-19(10-6-17)24-22(28)23-15-21(25-13-3-4-14-25)18-7-11-20(27-2)12-8-18/h5-12,21H,3-4,13-15H2,1-2H3,(H2,23,24,28)/p+1/t21-/m0/s1. The monoisotopic (exact) mass is 398 g/mol. The van der Waals surface area contributed by atoms with Crippen LogP contribution < -0.4 is 20.3 Å². The number of nitrogens with one attached hydrogen (secondary N) is 3.